The number of aliphatic carboxylic acids is 1. The van der Waals surface area contributed by atoms with Crippen molar-refractivity contribution in [2.24, 2.45) is 0 Å². The van der Waals surface area contributed by atoms with Gasteiger partial charge in [-0.3, -0.25) is 9.36 Å². The molecule has 1 N–H and O–H groups in total. The average molecular weight is 302 g/mol. The highest BCUT2D eigenvalue weighted by Gasteiger charge is 2.18. The molecule has 8 heteroatoms. The van der Waals surface area contributed by atoms with Gasteiger partial charge in [-0.15, -0.1) is 10.2 Å². The summed E-state index contributed by atoms with van der Waals surface area (Å²) in [6.45, 7) is 5.56. The number of carboxylic acids is 1. The number of nitrogens with zero attached hydrogens (tertiary/aromatic N) is 4. The number of anilines is 1. The summed E-state index contributed by atoms with van der Waals surface area (Å²) in [7, 11) is 3.63. The molecule has 0 spiro atoms. The number of methoxy groups -OCH3 is 1. The number of carbonyl (C=O) groups is 1. The van der Waals surface area contributed by atoms with Crippen molar-refractivity contribution in [3.05, 3.63) is 0 Å². The molecule has 0 saturated heterocycles. The van der Waals surface area contributed by atoms with E-state index in [1.807, 2.05) is 30.4 Å². The average Bonchev–Trinajstić information content (AvgIpc) is 2.80. The molecule has 0 bridgehead atoms. The maximum Gasteiger partial charge on any atom is 0.313 e. The highest BCUT2D eigenvalue weighted by atomic mass is 32.2. The van der Waals surface area contributed by atoms with Gasteiger partial charge in [-0.2, -0.15) is 0 Å². The summed E-state index contributed by atoms with van der Waals surface area (Å²) in [5, 5.41) is 17.7. The first-order chi connectivity index (χ1) is 9.47. The van der Waals surface area contributed by atoms with Gasteiger partial charge >= 0.3 is 5.97 Å². The Bertz CT molecular complexity index is 436. The molecule has 0 aromatic carbocycles. The van der Waals surface area contributed by atoms with Gasteiger partial charge in [0.2, 0.25) is 5.95 Å². The minimum absolute atomic E-state index is 0.0156. The summed E-state index contributed by atoms with van der Waals surface area (Å²) >= 11 is 1.19. The van der Waals surface area contributed by atoms with E-state index in [4.69, 9.17) is 9.84 Å². The molecule has 0 aliphatic rings. The van der Waals surface area contributed by atoms with Gasteiger partial charge in [0.05, 0.1) is 5.75 Å². The Morgan fingerprint density at radius 3 is 2.75 bits per heavy atom. The third-order valence-corrected chi connectivity index (χ3v) is 3.60. The quantitative estimate of drug-likeness (QED) is 0.547. The fourth-order valence-electron chi connectivity index (χ4n) is 1.75. The number of rotatable bonds is 9. The van der Waals surface area contributed by atoms with Crippen molar-refractivity contribution in [2.45, 2.75) is 31.5 Å². The molecule has 0 unspecified atom stereocenters. The topological polar surface area (TPSA) is 80.5 Å². The van der Waals surface area contributed by atoms with Crippen LogP contribution >= 0.6 is 11.8 Å². The van der Waals surface area contributed by atoms with Crippen LogP contribution in [-0.4, -0.2) is 58.9 Å². The van der Waals surface area contributed by atoms with Crippen LogP contribution in [0.3, 0.4) is 0 Å². The van der Waals surface area contributed by atoms with Gasteiger partial charge in [-0.05, 0) is 20.3 Å². The van der Waals surface area contributed by atoms with Crippen LogP contribution < -0.4 is 4.90 Å². The van der Waals surface area contributed by atoms with Crippen molar-refractivity contribution in [1.29, 1.82) is 0 Å². The van der Waals surface area contributed by atoms with Crippen molar-refractivity contribution in [1.82, 2.24) is 14.8 Å². The van der Waals surface area contributed by atoms with Crippen LogP contribution in [0.25, 0.3) is 0 Å². The van der Waals surface area contributed by atoms with E-state index in [-0.39, 0.29) is 11.8 Å². The molecule has 7 nitrogen and oxygen atoms in total. The van der Waals surface area contributed by atoms with Crippen molar-refractivity contribution in [2.75, 3.05) is 38.0 Å². The van der Waals surface area contributed by atoms with E-state index in [2.05, 4.69) is 10.2 Å². The second-order valence-corrected chi connectivity index (χ2v) is 5.64. The Labute approximate surface area is 123 Å². The van der Waals surface area contributed by atoms with Crippen LogP contribution in [0.5, 0.6) is 0 Å². The predicted octanol–water partition coefficient (Wildman–Crippen LogP) is 1.51. The van der Waals surface area contributed by atoms with Gasteiger partial charge in [0.25, 0.3) is 0 Å². The standard InChI is InChI=1S/C12H22N4O3S/c1-9(2)16-11(15(3)6-5-7-19-4)13-14-12(16)20-8-10(17)18/h9H,5-8H2,1-4H3,(H,17,18). The third kappa shape index (κ3) is 4.68. The molecule has 0 aliphatic carbocycles. The Balaban J connectivity index is 2.82. The van der Waals surface area contributed by atoms with Crippen molar-refractivity contribution >= 4 is 23.7 Å². The summed E-state index contributed by atoms with van der Waals surface area (Å²) in [4.78, 5) is 12.7. The van der Waals surface area contributed by atoms with Crippen LogP contribution in [0.4, 0.5) is 5.95 Å². The molecule has 1 rings (SSSR count). The molecule has 114 valence electrons. The minimum Gasteiger partial charge on any atom is -0.481 e. The number of ether oxygens (including phenoxy) is 1. The minimum atomic E-state index is -0.858. The maximum atomic E-state index is 10.7. The molecule has 0 amide bonds. The van der Waals surface area contributed by atoms with Crippen LogP contribution in [-0.2, 0) is 9.53 Å². The van der Waals surface area contributed by atoms with Crippen molar-refractivity contribution < 1.29 is 14.6 Å². The van der Waals surface area contributed by atoms with Gasteiger partial charge < -0.3 is 14.7 Å². The van der Waals surface area contributed by atoms with E-state index in [9.17, 15) is 4.79 Å². The zero-order valence-electron chi connectivity index (χ0n) is 12.4. The second kappa shape index (κ2) is 8.11. The summed E-state index contributed by atoms with van der Waals surface area (Å²) in [5.74, 6) is -0.120. The summed E-state index contributed by atoms with van der Waals surface area (Å²) in [6, 6.07) is 0.168. The molecule has 1 aromatic rings. The smallest absolute Gasteiger partial charge is 0.313 e. The number of aromatic nitrogens is 3. The fourth-order valence-corrected chi connectivity index (χ4v) is 2.53. The maximum absolute atomic E-state index is 10.7. The lowest BCUT2D eigenvalue weighted by Crippen LogP contribution is -2.24. The summed E-state index contributed by atoms with van der Waals surface area (Å²) in [6.07, 6.45) is 0.898. The zero-order valence-corrected chi connectivity index (χ0v) is 13.2. The molecular weight excluding hydrogens is 280 g/mol. The molecule has 20 heavy (non-hydrogen) atoms. The lowest BCUT2D eigenvalue weighted by Gasteiger charge is -2.21. The summed E-state index contributed by atoms with van der Waals surface area (Å²) < 4.78 is 7.00. The van der Waals surface area contributed by atoms with Gasteiger partial charge in [0.1, 0.15) is 0 Å². The van der Waals surface area contributed by atoms with Crippen LogP contribution in [0.15, 0.2) is 5.16 Å². The van der Waals surface area contributed by atoms with Crippen LogP contribution in [0.2, 0.25) is 0 Å². The second-order valence-electron chi connectivity index (χ2n) is 4.70. The Morgan fingerprint density at radius 2 is 2.20 bits per heavy atom. The van der Waals surface area contributed by atoms with E-state index in [0.29, 0.717) is 11.8 Å². The zero-order chi connectivity index (χ0) is 15.1. The van der Waals surface area contributed by atoms with Crippen LogP contribution in [0.1, 0.15) is 26.3 Å². The number of thioether (sulfide) groups is 1. The molecule has 0 aliphatic heterocycles. The van der Waals surface area contributed by atoms with Gasteiger partial charge in [-0.25, -0.2) is 0 Å². The molecule has 0 fully saturated rings. The van der Waals surface area contributed by atoms with Crippen molar-refractivity contribution in [3.8, 4) is 0 Å². The van der Waals surface area contributed by atoms with Gasteiger partial charge in [0, 0.05) is 33.4 Å². The monoisotopic (exact) mass is 302 g/mol. The van der Waals surface area contributed by atoms with E-state index in [1.54, 1.807) is 7.11 Å². The first-order valence-electron chi connectivity index (χ1n) is 6.47. The van der Waals surface area contributed by atoms with E-state index in [0.717, 1.165) is 18.9 Å². The molecule has 1 aromatic heterocycles. The normalized spacial score (nSPS) is 11.1. The van der Waals surface area contributed by atoms with E-state index < -0.39 is 5.97 Å². The van der Waals surface area contributed by atoms with Crippen LogP contribution in [0, 0.1) is 0 Å². The highest BCUT2D eigenvalue weighted by molar-refractivity contribution is 7.99. The molecule has 0 atom stereocenters. The largest absolute Gasteiger partial charge is 0.481 e. The fraction of sp³-hybridized carbons (Fsp3) is 0.750. The number of hydrogen-bond donors (Lipinski definition) is 1. The highest BCUT2D eigenvalue weighted by Crippen LogP contribution is 2.25. The van der Waals surface area contributed by atoms with Gasteiger partial charge in [-0.1, -0.05) is 11.8 Å². The Hall–Kier alpha value is -1.28. The molecule has 1 heterocycles. The lowest BCUT2D eigenvalue weighted by atomic mass is 10.4. The molecule has 0 radical (unpaired) electrons. The van der Waals surface area contributed by atoms with Gasteiger partial charge in [0.15, 0.2) is 5.16 Å². The third-order valence-electron chi connectivity index (χ3n) is 2.67. The van der Waals surface area contributed by atoms with Crippen molar-refractivity contribution in [3.63, 3.8) is 0 Å². The molecular formula is C12H22N4O3S. The Kier molecular flexibility index (Phi) is 6.80. The first kappa shape index (κ1) is 16.8. The van der Waals surface area contributed by atoms with E-state index in [1.165, 1.54) is 11.8 Å². The van der Waals surface area contributed by atoms with E-state index >= 15 is 0 Å². The number of carboxylic acid groups (broad SMARTS) is 1. The predicted molar refractivity (Wildman–Crippen MR) is 78.5 cm³/mol. The number of hydrogen-bond acceptors (Lipinski definition) is 6. The molecule has 0 saturated carbocycles. The lowest BCUT2D eigenvalue weighted by molar-refractivity contribution is -0.133. The first-order valence-corrected chi connectivity index (χ1v) is 7.45. The SMILES string of the molecule is COCCCN(C)c1nnc(SCC(=O)O)n1C(C)C. The summed E-state index contributed by atoms with van der Waals surface area (Å²) in [5.41, 5.74) is 0. The Morgan fingerprint density at radius 1 is 1.50 bits per heavy atom.